The van der Waals surface area contributed by atoms with Gasteiger partial charge in [0.2, 0.25) is 11.9 Å². The molecule has 1 unspecified atom stereocenters. The summed E-state index contributed by atoms with van der Waals surface area (Å²) in [6.07, 6.45) is 7.84. The first kappa shape index (κ1) is 40.1. The lowest BCUT2D eigenvalue weighted by Gasteiger charge is -2.41. The van der Waals surface area contributed by atoms with E-state index in [0.717, 1.165) is 49.9 Å². The monoisotopic (exact) mass is 825 g/mol. The zero-order chi connectivity index (χ0) is 41.4. The molecule has 1 aliphatic carbocycles. The van der Waals surface area contributed by atoms with E-state index < -0.39 is 41.5 Å². The molecule has 5 heterocycles. The predicted octanol–water partition coefficient (Wildman–Crippen LogP) is 4.17. The Labute approximate surface area is 345 Å². The highest BCUT2D eigenvalue weighted by atomic mass is 35.5. The summed E-state index contributed by atoms with van der Waals surface area (Å²) in [7, 11) is 0. The molecule has 0 spiro atoms. The van der Waals surface area contributed by atoms with Crippen LogP contribution in [0.1, 0.15) is 94.4 Å². The maximum atomic E-state index is 15.7. The summed E-state index contributed by atoms with van der Waals surface area (Å²) < 4.78 is 21.8. The SMILES string of the molecule is N#Cc1ccc(OC2CCC(N3C(=O)CCC(N4C(=O)c5cc(F)c(N6CCN(CCC7CCN(c8ncc(C(N)=O)cn8)CC7)CC6)cc5C4=O)C3=O)CC2)cc1Cl. The number of primary amides is 1. The molecule has 0 bridgehead atoms. The first-order valence-electron chi connectivity index (χ1n) is 20.3. The molecule has 8 rings (SSSR count). The molecule has 1 atom stereocenters. The molecule has 5 aliphatic rings. The highest BCUT2D eigenvalue weighted by molar-refractivity contribution is 6.31. The Bertz CT molecular complexity index is 2190. The number of piperidine rings is 2. The summed E-state index contributed by atoms with van der Waals surface area (Å²) >= 11 is 6.16. The van der Waals surface area contributed by atoms with Crippen molar-refractivity contribution in [2.24, 2.45) is 11.7 Å². The second-order valence-electron chi connectivity index (χ2n) is 16.0. The van der Waals surface area contributed by atoms with Crippen LogP contribution < -0.4 is 20.3 Å². The van der Waals surface area contributed by atoms with Crippen molar-refractivity contribution in [3.05, 3.63) is 75.8 Å². The molecule has 2 N–H and O–H groups in total. The minimum Gasteiger partial charge on any atom is -0.490 e. The van der Waals surface area contributed by atoms with Crippen LogP contribution in [0.5, 0.6) is 5.75 Å². The number of halogens is 2. The van der Waals surface area contributed by atoms with Crippen LogP contribution in [0.2, 0.25) is 5.02 Å². The molecule has 1 saturated carbocycles. The normalized spacial score (nSPS) is 23.1. The molecule has 3 aromatic rings. The lowest BCUT2D eigenvalue weighted by Crippen LogP contribution is -2.59. The second kappa shape index (κ2) is 16.9. The first-order chi connectivity index (χ1) is 28.5. The summed E-state index contributed by atoms with van der Waals surface area (Å²) in [5, 5.41) is 9.44. The molecule has 59 heavy (non-hydrogen) atoms. The van der Waals surface area contributed by atoms with Gasteiger partial charge in [0.25, 0.3) is 23.6 Å². The van der Waals surface area contributed by atoms with Crippen LogP contribution in [0.3, 0.4) is 0 Å². The zero-order valence-electron chi connectivity index (χ0n) is 32.5. The van der Waals surface area contributed by atoms with Gasteiger partial charge >= 0.3 is 0 Å². The second-order valence-corrected chi connectivity index (χ2v) is 16.4. The van der Waals surface area contributed by atoms with Crippen LogP contribution in [-0.4, -0.2) is 118 Å². The van der Waals surface area contributed by atoms with Crippen molar-refractivity contribution in [2.75, 3.05) is 55.6 Å². The molecule has 5 amide bonds. The van der Waals surface area contributed by atoms with Crippen molar-refractivity contribution in [2.45, 2.75) is 76.0 Å². The fraction of sp³-hybridized carbons (Fsp3) is 0.476. The van der Waals surface area contributed by atoms with Crippen LogP contribution in [0.4, 0.5) is 16.0 Å². The smallest absolute Gasteiger partial charge is 0.262 e. The number of hydrogen-bond donors (Lipinski definition) is 1. The van der Waals surface area contributed by atoms with E-state index in [1.807, 2.05) is 11.0 Å². The van der Waals surface area contributed by atoms with E-state index in [1.54, 1.807) is 18.2 Å². The van der Waals surface area contributed by atoms with E-state index >= 15 is 4.39 Å². The number of rotatable bonds is 10. The van der Waals surface area contributed by atoms with Crippen molar-refractivity contribution in [3.63, 3.8) is 0 Å². The van der Waals surface area contributed by atoms with Crippen LogP contribution >= 0.6 is 11.6 Å². The van der Waals surface area contributed by atoms with Crippen molar-refractivity contribution >= 4 is 52.8 Å². The standard InChI is InChI=1S/C42H45ClFN9O6/c43-33-19-30(4-1-26(33)22-45)59-29-5-2-28(3-6-29)52-37(54)8-7-35(41(52)58)53-39(56)31-20-34(44)36(21-32(31)40(53)57)50-17-15-49(16-18-50)12-9-25-10-13-51(14-11-25)42-47-23-27(24-48-42)38(46)55/h1,4,19-21,23-25,28-29,35H,2-3,5-18H2,(H2,46,55). The minimum absolute atomic E-state index is 0.00388. The van der Waals surface area contributed by atoms with Crippen LogP contribution in [-0.2, 0) is 9.59 Å². The summed E-state index contributed by atoms with van der Waals surface area (Å²) in [6, 6.07) is 7.85. The van der Waals surface area contributed by atoms with Crippen LogP contribution in [0, 0.1) is 23.1 Å². The Kier molecular flexibility index (Phi) is 11.5. The number of nitrogens with two attached hydrogens (primary N) is 1. The molecule has 15 nitrogen and oxygen atoms in total. The molecular weight excluding hydrogens is 781 g/mol. The number of likely N-dealkylation sites (tertiary alicyclic amines) is 1. The van der Waals surface area contributed by atoms with E-state index in [-0.39, 0.29) is 47.2 Å². The lowest BCUT2D eigenvalue weighted by atomic mass is 9.89. The molecule has 0 radical (unpaired) electrons. The summed E-state index contributed by atoms with van der Waals surface area (Å²) in [6.45, 7) is 5.09. The minimum atomic E-state index is -1.17. The van der Waals surface area contributed by atoms with Crippen molar-refractivity contribution in [3.8, 4) is 11.8 Å². The molecule has 4 aliphatic heterocycles. The van der Waals surface area contributed by atoms with Gasteiger partial charge in [0.05, 0.1) is 39.1 Å². The average Bonchev–Trinajstić information content (AvgIpc) is 3.48. The van der Waals surface area contributed by atoms with Crippen molar-refractivity contribution in [1.29, 1.82) is 5.26 Å². The number of aromatic nitrogens is 2. The fourth-order valence-corrected chi connectivity index (χ4v) is 9.30. The van der Waals surface area contributed by atoms with E-state index in [0.29, 0.717) is 80.1 Å². The van der Waals surface area contributed by atoms with Gasteiger partial charge in [0.1, 0.15) is 23.7 Å². The van der Waals surface area contributed by atoms with E-state index in [9.17, 15) is 24.0 Å². The Morgan fingerprint density at radius 3 is 2.19 bits per heavy atom. The predicted molar refractivity (Wildman–Crippen MR) is 213 cm³/mol. The Hall–Kier alpha value is -5.66. The number of ether oxygens (including phenoxy) is 1. The number of anilines is 2. The van der Waals surface area contributed by atoms with Gasteiger partial charge in [-0.2, -0.15) is 5.26 Å². The molecule has 4 fully saturated rings. The third kappa shape index (κ3) is 8.18. The Morgan fingerprint density at radius 1 is 0.864 bits per heavy atom. The van der Waals surface area contributed by atoms with Gasteiger partial charge in [-0.15, -0.1) is 0 Å². The maximum Gasteiger partial charge on any atom is 0.262 e. The van der Waals surface area contributed by atoms with Gasteiger partial charge in [0, 0.05) is 70.2 Å². The molecule has 1 aromatic heterocycles. The Balaban J connectivity index is 0.836. The van der Waals surface area contributed by atoms with E-state index in [4.69, 9.17) is 27.3 Å². The number of carbonyl (C=O) groups excluding carboxylic acids is 5. The number of piperazine rings is 1. The fourth-order valence-electron chi connectivity index (χ4n) is 9.09. The number of carbonyl (C=O) groups is 5. The van der Waals surface area contributed by atoms with Crippen LogP contribution in [0.15, 0.2) is 42.7 Å². The highest BCUT2D eigenvalue weighted by Gasteiger charge is 2.49. The number of hydrogen-bond acceptors (Lipinski definition) is 12. The van der Waals surface area contributed by atoms with E-state index in [1.165, 1.54) is 23.4 Å². The lowest BCUT2D eigenvalue weighted by molar-refractivity contribution is -0.155. The third-order valence-electron chi connectivity index (χ3n) is 12.5. The summed E-state index contributed by atoms with van der Waals surface area (Å²) in [4.78, 5) is 83.2. The molecule has 3 saturated heterocycles. The highest BCUT2D eigenvalue weighted by Crippen LogP contribution is 2.36. The van der Waals surface area contributed by atoms with Gasteiger partial charge in [-0.05, 0) is 88.1 Å². The third-order valence-corrected chi connectivity index (χ3v) is 12.8. The van der Waals surface area contributed by atoms with Crippen molar-refractivity contribution < 1.29 is 33.1 Å². The van der Waals surface area contributed by atoms with Gasteiger partial charge in [-0.25, -0.2) is 14.4 Å². The number of imide groups is 2. The summed E-state index contributed by atoms with van der Waals surface area (Å²) in [5.41, 5.74) is 6.16. The first-order valence-corrected chi connectivity index (χ1v) is 20.6. The van der Waals surface area contributed by atoms with Crippen molar-refractivity contribution in [1.82, 2.24) is 24.7 Å². The number of nitrogens with zero attached hydrogens (tertiary/aromatic N) is 8. The Morgan fingerprint density at radius 2 is 1.54 bits per heavy atom. The maximum absolute atomic E-state index is 15.7. The molecular formula is C42H45ClFN9O6. The van der Waals surface area contributed by atoms with Gasteiger partial charge in [-0.1, -0.05) is 11.6 Å². The van der Waals surface area contributed by atoms with Gasteiger partial charge in [-0.3, -0.25) is 38.7 Å². The molecule has 2 aromatic carbocycles. The quantitative estimate of drug-likeness (QED) is 0.288. The van der Waals surface area contributed by atoms with Gasteiger partial charge in [0.15, 0.2) is 0 Å². The average molecular weight is 826 g/mol. The number of amides is 5. The van der Waals surface area contributed by atoms with E-state index in [2.05, 4.69) is 19.8 Å². The number of fused-ring (bicyclic) bond motifs is 1. The molecule has 308 valence electrons. The summed E-state index contributed by atoms with van der Waals surface area (Å²) in [5.74, 6) is -1.81. The number of benzene rings is 2. The van der Waals surface area contributed by atoms with Crippen LogP contribution in [0.25, 0.3) is 0 Å². The largest absolute Gasteiger partial charge is 0.490 e. The zero-order valence-corrected chi connectivity index (χ0v) is 33.3. The van der Waals surface area contributed by atoms with Gasteiger partial charge < -0.3 is 20.3 Å². The topological polar surface area (TPSA) is 186 Å². The molecule has 17 heteroatoms. The number of nitriles is 1.